The molecule has 0 aliphatic heterocycles. The lowest BCUT2D eigenvalue weighted by molar-refractivity contribution is -0.185. The van der Waals surface area contributed by atoms with Crippen molar-refractivity contribution in [2.45, 2.75) is 32.9 Å². The van der Waals surface area contributed by atoms with Crippen LogP contribution in [0.2, 0.25) is 0 Å². The highest BCUT2D eigenvalue weighted by atomic mass is 19.4. The molecular weight excluding hydrogens is 289 g/mol. The molecule has 0 unspecified atom stereocenters. The van der Waals surface area contributed by atoms with Crippen LogP contribution in [-0.4, -0.2) is 67.7 Å². The summed E-state index contributed by atoms with van der Waals surface area (Å²) in [5, 5.41) is 0. The average Bonchev–Trinajstić information content (AvgIpc) is 2.44. The summed E-state index contributed by atoms with van der Waals surface area (Å²) in [6.45, 7) is 5.79. The number of hydrogen-bond acceptors (Lipinski definition) is 4. The minimum absolute atomic E-state index is 0.0359. The summed E-state index contributed by atoms with van der Waals surface area (Å²) in [4.78, 5) is 25.0. The first-order valence-electron chi connectivity index (χ1n) is 6.91. The number of alkyl halides is 3. The Morgan fingerprint density at radius 3 is 2.05 bits per heavy atom. The molecule has 0 aliphatic rings. The molecule has 8 heteroatoms. The molecule has 5 nitrogen and oxygen atoms in total. The van der Waals surface area contributed by atoms with E-state index in [1.165, 1.54) is 0 Å². The fourth-order valence-electron chi connectivity index (χ4n) is 1.85. The maximum absolute atomic E-state index is 12.5. The van der Waals surface area contributed by atoms with Crippen molar-refractivity contribution in [3.63, 3.8) is 0 Å². The predicted octanol–water partition coefficient (Wildman–Crippen LogP) is 1.67. The van der Waals surface area contributed by atoms with Gasteiger partial charge in [-0.3, -0.25) is 9.59 Å². The van der Waals surface area contributed by atoms with Gasteiger partial charge in [-0.15, -0.1) is 0 Å². The van der Waals surface area contributed by atoms with Gasteiger partial charge in [0.25, 0.3) is 0 Å². The van der Waals surface area contributed by atoms with Crippen LogP contribution in [0.15, 0.2) is 0 Å². The molecule has 0 fully saturated rings. The number of nitrogens with zero attached hydrogens (tertiary/aromatic N) is 2. The summed E-state index contributed by atoms with van der Waals surface area (Å²) >= 11 is 0. The van der Waals surface area contributed by atoms with Crippen molar-refractivity contribution in [2.24, 2.45) is 0 Å². The zero-order valence-corrected chi connectivity index (χ0v) is 12.7. The average molecular weight is 312 g/mol. The highest BCUT2D eigenvalue weighted by molar-refractivity contribution is 5.82. The van der Waals surface area contributed by atoms with Crippen LogP contribution in [0.3, 0.4) is 0 Å². The Bertz CT molecular complexity index is 331. The van der Waals surface area contributed by atoms with E-state index in [2.05, 4.69) is 9.64 Å². The lowest BCUT2D eigenvalue weighted by Gasteiger charge is -2.25. The molecule has 0 rings (SSSR count). The number of methoxy groups -OCH3 is 1. The number of esters is 1. The zero-order valence-electron chi connectivity index (χ0n) is 12.7. The molecule has 0 N–H and O–H groups in total. The van der Waals surface area contributed by atoms with Crippen LogP contribution >= 0.6 is 0 Å². The Kier molecular flexibility index (Phi) is 9.00. The van der Waals surface area contributed by atoms with E-state index >= 15 is 0 Å². The molecular formula is C13H23F3N2O3. The number of hydrogen-bond donors (Lipinski definition) is 0. The van der Waals surface area contributed by atoms with E-state index in [1.807, 2.05) is 13.8 Å². The van der Waals surface area contributed by atoms with Gasteiger partial charge in [0.2, 0.25) is 0 Å². The number of carbonyl (C=O) groups excluding carboxylic acids is 2. The Hall–Kier alpha value is -1.31. The van der Waals surface area contributed by atoms with E-state index in [0.29, 0.717) is 17.9 Å². The van der Waals surface area contributed by atoms with Crippen molar-refractivity contribution < 1.29 is 27.5 Å². The maximum Gasteiger partial charge on any atom is 0.471 e. The fourth-order valence-corrected chi connectivity index (χ4v) is 1.85. The van der Waals surface area contributed by atoms with Crippen molar-refractivity contribution in [3.05, 3.63) is 0 Å². The van der Waals surface area contributed by atoms with Gasteiger partial charge in [0.05, 0.1) is 13.5 Å². The lowest BCUT2D eigenvalue weighted by atomic mass is 10.3. The summed E-state index contributed by atoms with van der Waals surface area (Å²) in [5.41, 5.74) is 0. The first kappa shape index (κ1) is 19.7. The van der Waals surface area contributed by atoms with Crippen LogP contribution in [0.5, 0.6) is 0 Å². The summed E-state index contributed by atoms with van der Waals surface area (Å²) in [6, 6.07) is 0. The third kappa shape index (κ3) is 7.89. The van der Waals surface area contributed by atoms with Crippen LogP contribution in [0, 0.1) is 0 Å². The van der Waals surface area contributed by atoms with Crippen LogP contribution < -0.4 is 0 Å². The molecule has 0 saturated heterocycles. The molecule has 0 atom stereocenters. The third-order valence-corrected chi connectivity index (χ3v) is 3.14. The third-order valence-electron chi connectivity index (χ3n) is 3.14. The van der Waals surface area contributed by atoms with E-state index < -0.39 is 18.1 Å². The molecule has 0 bridgehead atoms. The molecule has 0 aromatic rings. The van der Waals surface area contributed by atoms with E-state index in [9.17, 15) is 22.8 Å². The molecule has 1 amide bonds. The summed E-state index contributed by atoms with van der Waals surface area (Å²) < 4.78 is 41.9. The first-order valence-corrected chi connectivity index (χ1v) is 6.91. The number of rotatable bonds is 9. The Morgan fingerprint density at radius 2 is 1.62 bits per heavy atom. The van der Waals surface area contributed by atoms with E-state index in [0.717, 1.165) is 20.2 Å². The van der Waals surface area contributed by atoms with Gasteiger partial charge in [-0.1, -0.05) is 13.8 Å². The molecule has 0 heterocycles. The second-order valence-corrected chi connectivity index (χ2v) is 4.50. The summed E-state index contributed by atoms with van der Waals surface area (Å²) in [7, 11) is 1.15. The largest absolute Gasteiger partial charge is 0.471 e. The SMILES string of the molecule is CCN(CC)CCCN(CCC(=O)OC)C(=O)C(F)(F)F. The molecule has 0 aromatic carbocycles. The van der Waals surface area contributed by atoms with E-state index in [-0.39, 0.29) is 19.5 Å². The van der Waals surface area contributed by atoms with E-state index in [4.69, 9.17) is 0 Å². The lowest BCUT2D eigenvalue weighted by Crippen LogP contribution is -2.43. The molecule has 0 aliphatic carbocycles. The van der Waals surface area contributed by atoms with Crippen LogP contribution in [0.1, 0.15) is 26.7 Å². The molecule has 21 heavy (non-hydrogen) atoms. The second-order valence-electron chi connectivity index (χ2n) is 4.50. The number of amides is 1. The number of carbonyl (C=O) groups is 2. The smallest absolute Gasteiger partial charge is 0.469 e. The van der Waals surface area contributed by atoms with Crippen molar-refractivity contribution in [2.75, 3.05) is 39.8 Å². The highest BCUT2D eigenvalue weighted by Crippen LogP contribution is 2.19. The van der Waals surface area contributed by atoms with Crippen molar-refractivity contribution in [3.8, 4) is 0 Å². The summed E-state index contributed by atoms with van der Waals surface area (Å²) in [5.74, 6) is -2.55. The second kappa shape index (κ2) is 9.59. The van der Waals surface area contributed by atoms with Gasteiger partial charge in [-0.2, -0.15) is 13.2 Å². The van der Waals surface area contributed by atoms with Crippen LogP contribution in [-0.2, 0) is 14.3 Å². The monoisotopic (exact) mass is 312 g/mol. The number of ether oxygens (including phenoxy) is 1. The molecule has 0 saturated carbocycles. The first-order chi connectivity index (χ1) is 9.76. The van der Waals surface area contributed by atoms with Gasteiger partial charge >= 0.3 is 18.1 Å². The highest BCUT2D eigenvalue weighted by Gasteiger charge is 2.42. The normalized spacial score (nSPS) is 11.6. The van der Waals surface area contributed by atoms with Gasteiger partial charge in [0, 0.05) is 13.1 Å². The minimum Gasteiger partial charge on any atom is -0.469 e. The standard InChI is InChI=1S/C13H23F3N2O3/c1-4-17(5-2)8-6-9-18(10-7-11(19)21-3)12(20)13(14,15)16/h4-10H2,1-3H3. The Morgan fingerprint density at radius 1 is 1.05 bits per heavy atom. The summed E-state index contributed by atoms with van der Waals surface area (Å²) in [6.07, 6.45) is -4.75. The van der Waals surface area contributed by atoms with Gasteiger partial charge in [0.15, 0.2) is 0 Å². The van der Waals surface area contributed by atoms with E-state index in [1.54, 1.807) is 0 Å². The van der Waals surface area contributed by atoms with Crippen LogP contribution in [0.4, 0.5) is 13.2 Å². The van der Waals surface area contributed by atoms with Crippen molar-refractivity contribution in [1.29, 1.82) is 0 Å². The zero-order chi connectivity index (χ0) is 16.5. The molecule has 0 spiro atoms. The molecule has 0 radical (unpaired) electrons. The van der Waals surface area contributed by atoms with Gasteiger partial charge in [0.1, 0.15) is 0 Å². The minimum atomic E-state index is -4.93. The fraction of sp³-hybridized carbons (Fsp3) is 0.846. The van der Waals surface area contributed by atoms with Gasteiger partial charge in [-0.05, 0) is 26.1 Å². The molecule has 124 valence electrons. The quantitative estimate of drug-likeness (QED) is 0.608. The Labute approximate surface area is 123 Å². The number of halogens is 3. The maximum atomic E-state index is 12.5. The Balaban J connectivity index is 4.51. The van der Waals surface area contributed by atoms with Crippen molar-refractivity contribution in [1.82, 2.24) is 9.80 Å². The topological polar surface area (TPSA) is 49.9 Å². The van der Waals surface area contributed by atoms with Crippen molar-refractivity contribution >= 4 is 11.9 Å². The molecule has 0 aromatic heterocycles. The predicted molar refractivity (Wildman–Crippen MR) is 71.7 cm³/mol. The van der Waals surface area contributed by atoms with Crippen LogP contribution in [0.25, 0.3) is 0 Å². The van der Waals surface area contributed by atoms with Gasteiger partial charge < -0.3 is 14.5 Å². The van der Waals surface area contributed by atoms with Gasteiger partial charge in [-0.25, -0.2) is 0 Å².